The van der Waals surface area contributed by atoms with E-state index in [9.17, 15) is 10.1 Å². The van der Waals surface area contributed by atoms with Crippen LogP contribution in [0.25, 0.3) is 0 Å². The summed E-state index contributed by atoms with van der Waals surface area (Å²) in [4.78, 5) is 10.3. The van der Waals surface area contributed by atoms with E-state index in [0.29, 0.717) is 11.5 Å². The fraction of sp³-hybridized carbons (Fsp3) is 0.300. The van der Waals surface area contributed by atoms with E-state index in [0.717, 1.165) is 18.4 Å². The summed E-state index contributed by atoms with van der Waals surface area (Å²) in [5.74, 6) is 0.336. The highest BCUT2D eigenvalue weighted by molar-refractivity contribution is 5.50. The van der Waals surface area contributed by atoms with Gasteiger partial charge in [-0.05, 0) is 24.8 Å². The van der Waals surface area contributed by atoms with E-state index in [-0.39, 0.29) is 5.69 Å². The van der Waals surface area contributed by atoms with Gasteiger partial charge in [0.1, 0.15) is 0 Å². The highest BCUT2D eigenvalue weighted by Gasteiger charge is 2.30. The van der Waals surface area contributed by atoms with Crippen molar-refractivity contribution in [1.29, 1.82) is 5.26 Å². The number of nitro groups is 1. The zero-order valence-electron chi connectivity index (χ0n) is 7.43. The molecule has 0 radical (unpaired) electrons. The Hall–Kier alpha value is -1.89. The second-order valence-corrected chi connectivity index (χ2v) is 3.42. The maximum Gasteiger partial charge on any atom is 0.274 e. The van der Waals surface area contributed by atoms with Crippen molar-refractivity contribution in [2.45, 2.75) is 18.8 Å². The molecule has 1 saturated carbocycles. The smallest absolute Gasteiger partial charge is 0.258 e. The second-order valence-electron chi connectivity index (χ2n) is 3.42. The highest BCUT2D eigenvalue weighted by atomic mass is 16.6. The number of hydrogen-bond acceptors (Lipinski definition) is 3. The van der Waals surface area contributed by atoms with E-state index in [4.69, 9.17) is 5.26 Å². The largest absolute Gasteiger partial charge is 0.274 e. The van der Waals surface area contributed by atoms with Crippen LogP contribution in [0.1, 0.15) is 29.9 Å². The van der Waals surface area contributed by atoms with Crippen LogP contribution in [0, 0.1) is 21.4 Å². The van der Waals surface area contributed by atoms with E-state index >= 15 is 0 Å². The maximum atomic E-state index is 10.7. The second kappa shape index (κ2) is 3.11. The Balaban J connectivity index is 2.50. The third-order valence-corrected chi connectivity index (χ3v) is 2.37. The molecule has 0 unspecified atom stereocenters. The lowest BCUT2D eigenvalue weighted by Crippen LogP contribution is -1.94. The van der Waals surface area contributed by atoms with Gasteiger partial charge in [-0.25, -0.2) is 0 Å². The predicted molar refractivity (Wildman–Crippen MR) is 49.8 cm³/mol. The zero-order chi connectivity index (χ0) is 10.1. The standard InChI is InChI=1S/C10H8N2O2/c11-6-7-1-4-9(8-2-3-8)10(5-7)12(13)14/h1,4-5,8H,2-3H2. The van der Waals surface area contributed by atoms with Crippen molar-refractivity contribution in [2.24, 2.45) is 0 Å². The van der Waals surface area contributed by atoms with Crippen LogP contribution in [0.3, 0.4) is 0 Å². The number of nitriles is 1. The molecule has 1 fully saturated rings. The first-order chi connectivity index (χ1) is 6.72. The Morgan fingerprint density at radius 3 is 2.71 bits per heavy atom. The summed E-state index contributed by atoms with van der Waals surface area (Å²) < 4.78 is 0. The number of rotatable bonds is 2. The van der Waals surface area contributed by atoms with Gasteiger partial charge in [0.05, 0.1) is 16.6 Å². The highest BCUT2D eigenvalue weighted by Crippen LogP contribution is 2.44. The SMILES string of the molecule is N#Cc1ccc(C2CC2)c([N+](=O)[O-])c1. The Bertz CT molecular complexity index is 430. The van der Waals surface area contributed by atoms with Gasteiger partial charge in [-0.1, -0.05) is 6.07 Å². The van der Waals surface area contributed by atoms with Crippen molar-refractivity contribution in [3.05, 3.63) is 39.4 Å². The Labute approximate surface area is 80.9 Å². The summed E-state index contributed by atoms with van der Waals surface area (Å²) >= 11 is 0. The van der Waals surface area contributed by atoms with Crippen molar-refractivity contribution >= 4 is 5.69 Å². The zero-order valence-corrected chi connectivity index (χ0v) is 7.43. The summed E-state index contributed by atoms with van der Waals surface area (Å²) in [5, 5.41) is 19.3. The number of nitrogens with zero attached hydrogens (tertiary/aromatic N) is 2. The van der Waals surface area contributed by atoms with Crippen LogP contribution in [-0.4, -0.2) is 4.92 Å². The van der Waals surface area contributed by atoms with Crippen molar-refractivity contribution in [2.75, 3.05) is 0 Å². The van der Waals surface area contributed by atoms with Gasteiger partial charge < -0.3 is 0 Å². The maximum absolute atomic E-state index is 10.7. The molecular formula is C10H8N2O2. The molecule has 0 aromatic heterocycles. The van der Waals surface area contributed by atoms with Gasteiger partial charge >= 0.3 is 0 Å². The third kappa shape index (κ3) is 1.44. The third-order valence-electron chi connectivity index (χ3n) is 2.37. The summed E-state index contributed by atoms with van der Waals surface area (Å²) in [6, 6.07) is 6.60. The topological polar surface area (TPSA) is 66.9 Å². The molecule has 1 aliphatic rings. The lowest BCUT2D eigenvalue weighted by molar-refractivity contribution is -0.385. The van der Waals surface area contributed by atoms with Crippen molar-refractivity contribution in [3.8, 4) is 6.07 Å². The molecule has 0 heterocycles. The van der Waals surface area contributed by atoms with Crippen molar-refractivity contribution in [1.82, 2.24) is 0 Å². The average Bonchev–Trinajstić information content (AvgIpc) is 3.00. The molecule has 4 heteroatoms. The molecule has 1 aromatic carbocycles. The van der Waals surface area contributed by atoms with Gasteiger partial charge in [0.2, 0.25) is 0 Å². The average molecular weight is 188 g/mol. The molecule has 0 amide bonds. The Morgan fingerprint density at radius 1 is 1.50 bits per heavy atom. The first kappa shape index (κ1) is 8.70. The molecule has 1 aliphatic carbocycles. The molecule has 0 saturated heterocycles. The number of hydrogen-bond donors (Lipinski definition) is 0. The normalized spacial score (nSPS) is 14.8. The van der Waals surface area contributed by atoms with Crippen LogP contribution in [0.2, 0.25) is 0 Å². The number of benzene rings is 1. The van der Waals surface area contributed by atoms with Crippen LogP contribution in [0.4, 0.5) is 5.69 Å². The first-order valence-corrected chi connectivity index (χ1v) is 4.41. The Kier molecular flexibility index (Phi) is 1.93. The summed E-state index contributed by atoms with van der Waals surface area (Å²) in [6.45, 7) is 0. The van der Waals surface area contributed by atoms with E-state index in [1.54, 1.807) is 12.1 Å². The van der Waals surface area contributed by atoms with Gasteiger partial charge in [0, 0.05) is 11.6 Å². The van der Waals surface area contributed by atoms with E-state index in [2.05, 4.69) is 0 Å². The fourth-order valence-corrected chi connectivity index (χ4v) is 1.51. The molecule has 0 spiro atoms. The van der Waals surface area contributed by atoms with Crippen LogP contribution < -0.4 is 0 Å². The van der Waals surface area contributed by atoms with Gasteiger partial charge in [-0.3, -0.25) is 10.1 Å². The molecular weight excluding hydrogens is 180 g/mol. The van der Waals surface area contributed by atoms with Crippen molar-refractivity contribution < 1.29 is 4.92 Å². The van der Waals surface area contributed by atoms with E-state index in [1.807, 2.05) is 6.07 Å². The lowest BCUT2D eigenvalue weighted by atomic mass is 10.1. The summed E-state index contributed by atoms with van der Waals surface area (Å²) in [7, 11) is 0. The molecule has 0 atom stereocenters. The van der Waals surface area contributed by atoms with Crippen LogP contribution in [0.5, 0.6) is 0 Å². The minimum Gasteiger partial charge on any atom is -0.258 e. The molecule has 0 N–H and O–H groups in total. The number of nitro benzene ring substituents is 1. The lowest BCUT2D eigenvalue weighted by Gasteiger charge is -2.00. The fourth-order valence-electron chi connectivity index (χ4n) is 1.51. The molecule has 2 rings (SSSR count). The molecule has 4 nitrogen and oxygen atoms in total. The van der Waals surface area contributed by atoms with E-state index < -0.39 is 4.92 Å². The van der Waals surface area contributed by atoms with Gasteiger partial charge in [0.15, 0.2) is 0 Å². The Morgan fingerprint density at radius 2 is 2.21 bits per heavy atom. The van der Waals surface area contributed by atoms with E-state index in [1.165, 1.54) is 6.07 Å². The quantitative estimate of drug-likeness (QED) is 0.528. The summed E-state index contributed by atoms with van der Waals surface area (Å²) in [5.41, 5.74) is 1.21. The van der Waals surface area contributed by atoms with Crippen LogP contribution in [-0.2, 0) is 0 Å². The van der Waals surface area contributed by atoms with Gasteiger partial charge in [-0.15, -0.1) is 0 Å². The minimum absolute atomic E-state index is 0.0894. The predicted octanol–water partition coefficient (Wildman–Crippen LogP) is 2.34. The first-order valence-electron chi connectivity index (χ1n) is 4.41. The molecule has 1 aromatic rings. The monoisotopic (exact) mass is 188 g/mol. The minimum atomic E-state index is -0.408. The molecule has 14 heavy (non-hydrogen) atoms. The van der Waals surface area contributed by atoms with Crippen molar-refractivity contribution in [3.63, 3.8) is 0 Å². The molecule has 0 aliphatic heterocycles. The van der Waals surface area contributed by atoms with Crippen LogP contribution in [0.15, 0.2) is 18.2 Å². The molecule has 70 valence electrons. The van der Waals surface area contributed by atoms with Crippen LogP contribution >= 0.6 is 0 Å². The van der Waals surface area contributed by atoms with Gasteiger partial charge in [-0.2, -0.15) is 5.26 Å². The molecule has 0 bridgehead atoms. The summed E-state index contributed by atoms with van der Waals surface area (Å²) in [6.07, 6.45) is 2.04. The van der Waals surface area contributed by atoms with Gasteiger partial charge in [0.25, 0.3) is 5.69 Å².